The van der Waals surface area contributed by atoms with E-state index in [9.17, 15) is 4.39 Å². The minimum Gasteiger partial charge on any atom is -0.457 e. The Balaban J connectivity index is 2.10. The van der Waals surface area contributed by atoms with Crippen molar-refractivity contribution in [2.24, 2.45) is 0 Å². The minimum absolute atomic E-state index is 0.260. The van der Waals surface area contributed by atoms with E-state index in [-0.39, 0.29) is 5.82 Å². The first-order valence-corrected chi connectivity index (χ1v) is 7.71. The Hall–Kier alpha value is -1.39. The molecule has 2 aromatic carbocycles. The highest BCUT2D eigenvalue weighted by atomic mass is 79.9. The Kier molecular flexibility index (Phi) is 5.37. The highest BCUT2D eigenvalue weighted by Gasteiger charge is 2.06. The maximum Gasteiger partial charge on any atom is 0.130 e. The Morgan fingerprint density at radius 2 is 1.81 bits per heavy atom. The first-order valence-electron chi connectivity index (χ1n) is 6.91. The SMILES string of the molecule is Cc1ccc(Oc2ccc(CNC(C)C)c(Br)c2)cc1F. The van der Waals surface area contributed by atoms with Crippen LogP contribution in [0.25, 0.3) is 0 Å². The third-order valence-corrected chi connectivity index (χ3v) is 3.84. The second-order valence-electron chi connectivity index (χ2n) is 5.30. The molecule has 0 aromatic heterocycles. The van der Waals surface area contributed by atoms with Crippen molar-refractivity contribution in [3.05, 3.63) is 57.8 Å². The Bertz CT molecular complexity index is 628. The number of benzene rings is 2. The molecule has 0 atom stereocenters. The van der Waals surface area contributed by atoms with Crippen molar-refractivity contribution in [2.75, 3.05) is 0 Å². The summed E-state index contributed by atoms with van der Waals surface area (Å²) in [5.74, 6) is 0.917. The molecule has 2 rings (SSSR count). The standard InChI is InChI=1S/C17H19BrFNO/c1-11(2)20-10-13-5-7-14(8-16(13)18)21-15-6-4-12(3)17(19)9-15/h4-9,11,20H,10H2,1-3H3. The topological polar surface area (TPSA) is 21.3 Å². The van der Waals surface area contributed by atoms with Crippen molar-refractivity contribution in [3.63, 3.8) is 0 Å². The highest BCUT2D eigenvalue weighted by Crippen LogP contribution is 2.28. The lowest BCUT2D eigenvalue weighted by atomic mass is 10.2. The Morgan fingerprint density at radius 1 is 1.14 bits per heavy atom. The van der Waals surface area contributed by atoms with E-state index >= 15 is 0 Å². The fourth-order valence-corrected chi connectivity index (χ4v) is 2.32. The summed E-state index contributed by atoms with van der Waals surface area (Å²) < 4.78 is 20.2. The summed E-state index contributed by atoms with van der Waals surface area (Å²) in [5.41, 5.74) is 1.77. The van der Waals surface area contributed by atoms with Gasteiger partial charge in [0.15, 0.2) is 0 Å². The molecule has 0 radical (unpaired) electrons. The van der Waals surface area contributed by atoms with Gasteiger partial charge in [-0.2, -0.15) is 0 Å². The molecule has 0 bridgehead atoms. The average molecular weight is 352 g/mol. The normalized spacial score (nSPS) is 11.0. The molecule has 2 aromatic rings. The van der Waals surface area contributed by atoms with E-state index in [1.165, 1.54) is 6.07 Å². The van der Waals surface area contributed by atoms with Gasteiger partial charge in [-0.15, -0.1) is 0 Å². The zero-order valence-electron chi connectivity index (χ0n) is 12.4. The molecule has 2 nitrogen and oxygen atoms in total. The molecule has 0 amide bonds. The van der Waals surface area contributed by atoms with Crippen molar-refractivity contribution in [1.29, 1.82) is 0 Å². The fourth-order valence-electron chi connectivity index (χ4n) is 1.82. The summed E-state index contributed by atoms with van der Waals surface area (Å²) >= 11 is 3.54. The molecular formula is C17H19BrFNO. The molecule has 0 aliphatic rings. The lowest BCUT2D eigenvalue weighted by Crippen LogP contribution is -2.21. The van der Waals surface area contributed by atoms with Gasteiger partial charge >= 0.3 is 0 Å². The molecule has 0 heterocycles. The van der Waals surface area contributed by atoms with Crippen LogP contribution in [-0.2, 0) is 6.54 Å². The molecule has 1 N–H and O–H groups in total. The maximum absolute atomic E-state index is 13.5. The fraction of sp³-hybridized carbons (Fsp3) is 0.294. The first kappa shape index (κ1) is 16.0. The Labute approximate surface area is 133 Å². The maximum atomic E-state index is 13.5. The van der Waals surface area contributed by atoms with Gasteiger partial charge in [0.2, 0.25) is 0 Å². The second-order valence-corrected chi connectivity index (χ2v) is 6.16. The van der Waals surface area contributed by atoms with Crippen molar-refractivity contribution in [1.82, 2.24) is 5.32 Å². The smallest absolute Gasteiger partial charge is 0.130 e. The number of hydrogen-bond donors (Lipinski definition) is 1. The molecule has 0 spiro atoms. The van der Waals surface area contributed by atoms with Gasteiger partial charge in [-0.05, 0) is 36.2 Å². The second kappa shape index (κ2) is 7.05. The van der Waals surface area contributed by atoms with Crippen molar-refractivity contribution >= 4 is 15.9 Å². The van der Waals surface area contributed by atoms with Crippen LogP contribution in [0.2, 0.25) is 0 Å². The van der Waals surface area contributed by atoms with E-state index in [0.717, 1.165) is 16.6 Å². The van der Waals surface area contributed by atoms with Crippen LogP contribution in [0.3, 0.4) is 0 Å². The third-order valence-electron chi connectivity index (χ3n) is 3.10. The van der Waals surface area contributed by atoms with Crippen LogP contribution < -0.4 is 10.1 Å². The van der Waals surface area contributed by atoms with Gasteiger partial charge < -0.3 is 10.1 Å². The van der Waals surface area contributed by atoms with E-state index in [1.807, 2.05) is 18.2 Å². The molecule has 112 valence electrons. The number of rotatable bonds is 5. The predicted molar refractivity (Wildman–Crippen MR) is 87.3 cm³/mol. The van der Waals surface area contributed by atoms with Gasteiger partial charge in [0.25, 0.3) is 0 Å². The highest BCUT2D eigenvalue weighted by molar-refractivity contribution is 9.10. The summed E-state index contributed by atoms with van der Waals surface area (Å²) in [6.07, 6.45) is 0. The van der Waals surface area contributed by atoms with Gasteiger partial charge in [0.05, 0.1) is 0 Å². The summed E-state index contributed by atoms with van der Waals surface area (Å²) in [4.78, 5) is 0. The molecule has 0 unspecified atom stereocenters. The molecule has 4 heteroatoms. The summed E-state index contributed by atoms with van der Waals surface area (Å²) in [6, 6.07) is 11.1. The monoisotopic (exact) mass is 351 g/mol. The zero-order chi connectivity index (χ0) is 15.4. The van der Waals surface area contributed by atoms with Gasteiger partial charge in [-0.1, -0.05) is 41.9 Å². The molecular weight excluding hydrogens is 333 g/mol. The van der Waals surface area contributed by atoms with E-state index < -0.39 is 0 Å². The van der Waals surface area contributed by atoms with Crippen LogP contribution in [0.5, 0.6) is 11.5 Å². The van der Waals surface area contributed by atoms with Gasteiger partial charge in [-0.3, -0.25) is 0 Å². The van der Waals surface area contributed by atoms with E-state index in [0.29, 0.717) is 23.1 Å². The molecule has 0 aliphatic heterocycles. The van der Waals surface area contributed by atoms with Crippen LogP contribution >= 0.6 is 15.9 Å². The van der Waals surface area contributed by atoms with Crippen LogP contribution in [0, 0.1) is 12.7 Å². The zero-order valence-corrected chi connectivity index (χ0v) is 14.0. The molecule has 0 aliphatic carbocycles. The van der Waals surface area contributed by atoms with Gasteiger partial charge in [0, 0.05) is 23.1 Å². The number of ether oxygens (including phenoxy) is 1. The van der Waals surface area contributed by atoms with E-state index in [4.69, 9.17) is 4.74 Å². The van der Waals surface area contributed by atoms with Crippen LogP contribution in [0.1, 0.15) is 25.0 Å². The largest absolute Gasteiger partial charge is 0.457 e. The van der Waals surface area contributed by atoms with Crippen LogP contribution in [-0.4, -0.2) is 6.04 Å². The molecule has 0 saturated carbocycles. The molecule has 0 saturated heterocycles. The number of nitrogens with one attached hydrogen (secondary N) is 1. The van der Waals surface area contributed by atoms with E-state index in [2.05, 4.69) is 35.1 Å². The lowest BCUT2D eigenvalue weighted by molar-refractivity contribution is 0.475. The first-order chi connectivity index (χ1) is 9.95. The summed E-state index contributed by atoms with van der Waals surface area (Å²) in [6.45, 7) is 6.73. The number of halogens is 2. The van der Waals surface area contributed by atoms with Crippen LogP contribution in [0.15, 0.2) is 40.9 Å². The van der Waals surface area contributed by atoms with Crippen molar-refractivity contribution in [2.45, 2.75) is 33.4 Å². The Morgan fingerprint density at radius 3 is 2.43 bits per heavy atom. The van der Waals surface area contributed by atoms with Gasteiger partial charge in [-0.25, -0.2) is 4.39 Å². The summed E-state index contributed by atoms with van der Waals surface area (Å²) in [7, 11) is 0. The number of aryl methyl sites for hydroxylation is 1. The quantitative estimate of drug-likeness (QED) is 0.800. The van der Waals surface area contributed by atoms with Crippen molar-refractivity contribution < 1.29 is 9.13 Å². The molecule has 0 fully saturated rings. The van der Waals surface area contributed by atoms with Gasteiger partial charge in [0.1, 0.15) is 17.3 Å². The lowest BCUT2D eigenvalue weighted by Gasteiger charge is -2.12. The van der Waals surface area contributed by atoms with Crippen molar-refractivity contribution in [3.8, 4) is 11.5 Å². The molecule has 21 heavy (non-hydrogen) atoms. The van der Waals surface area contributed by atoms with Crippen LogP contribution in [0.4, 0.5) is 4.39 Å². The number of hydrogen-bond acceptors (Lipinski definition) is 2. The predicted octanol–water partition coefficient (Wildman–Crippen LogP) is 5.19. The van der Waals surface area contributed by atoms with E-state index in [1.54, 1.807) is 19.1 Å². The summed E-state index contributed by atoms with van der Waals surface area (Å²) in [5, 5.41) is 3.37. The minimum atomic E-state index is -0.260. The third kappa shape index (κ3) is 4.55. The average Bonchev–Trinajstić information content (AvgIpc) is 2.42.